The van der Waals surface area contributed by atoms with Crippen molar-refractivity contribution in [3.05, 3.63) is 0 Å². The van der Waals surface area contributed by atoms with Gasteiger partial charge in [0.2, 0.25) is 5.91 Å². The first kappa shape index (κ1) is 15.4. The van der Waals surface area contributed by atoms with Gasteiger partial charge in [0, 0.05) is 26.6 Å². The molecule has 96 valence electrons. The molecule has 2 N–H and O–H groups in total. The molecule has 0 bridgehead atoms. The fourth-order valence-corrected chi connectivity index (χ4v) is 1.44. The van der Waals surface area contributed by atoms with Gasteiger partial charge in [-0.15, -0.1) is 0 Å². The van der Waals surface area contributed by atoms with Gasteiger partial charge in [-0.25, -0.2) is 0 Å². The number of hydrogen-bond acceptors (Lipinski definition) is 3. The van der Waals surface area contributed by atoms with Crippen LogP contribution in [0.15, 0.2) is 0 Å². The van der Waals surface area contributed by atoms with Crippen LogP contribution in [-0.2, 0) is 4.79 Å². The SMILES string of the molecule is CN(C)CCN(C)C(=O)CCCCCCN. The fourth-order valence-electron chi connectivity index (χ4n) is 1.44. The molecule has 1 amide bonds. The van der Waals surface area contributed by atoms with Crippen LogP contribution in [0.4, 0.5) is 0 Å². The normalized spacial score (nSPS) is 10.8. The van der Waals surface area contributed by atoms with E-state index in [2.05, 4.69) is 4.90 Å². The maximum Gasteiger partial charge on any atom is 0.222 e. The number of nitrogens with zero attached hydrogens (tertiary/aromatic N) is 2. The Balaban J connectivity index is 3.47. The predicted molar refractivity (Wildman–Crippen MR) is 68.3 cm³/mol. The molecule has 0 aromatic rings. The van der Waals surface area contributed by atoms with Crippen LogP contribution in [0.25, 0.3) is 0 Å². The van der Waals surface area contributed by atoms with Gasteiger partial charge in [0.15, 0.2) is 0 Å². The predicted octanol–water partition coefficient (Wildman–Crippen LogP) is 0.916. The number of carbonyl (C=O) groups excluding carboxylic acids is 1. The number of amides is 1. The van der Waals surface area contributed by atoms with Crippen molar-refractivity contribution in [3.63, 3.8) is 0 Å². The second-order valence-corrected chi connectivity index (χ2v) is 4.57. The Kier molecular flexibility index (Phi) is 9.24. The first-order chi connectivity index (χ1) is 7.57. The largest absolute Gasteiger partial charge is 0.344 e. The van der Waals surface area contributed by atoms with Crippen molar-refractivity contribution in [2.24, 2.45) is 5.73 Å². The first-order valence-corrected chi connectivity index (χ1v) is 6.16. The molecule has 0 aromatic carbocycles. The van der Waals surface area contributed by atoms with Gasteiger partial charge in [-0.3, -0.25) is 4.79 Å². The molecule has 0 aromatic heterocycles. The second kappa shape index (κ2) is 9.60. The highest BCUT2D eigenvalue weighted by Gasteiger charge is 2.07. The van der Waals surface area contributed by atoms with Crippen molar-refractivity contribution >= 4 is 5.91 Å². The Morgan fingerprint density at radius 1 is 1.00 bits per heavy atom. The summed E-state index contributed by atoms with van der Waals surface area (Å²) in [7, 11) is 5.92. The minimum absolute atomic E-state index is 0.259. The average molecular weight is 229 g/mol. The van der Waals surface area contributed by atoms with Crippen molar-refractivity contribution < 1.29 is 4.79 Å². The van der Waals surface area contributed by atoms with Gasteiger partial charge in [-0.2, -0.15) is 0 Å². The van der Waals surface area contributed by atoms with Gasteiger partial charge in [0.1, 0.15) is 0 Å². The lowest BCUT2D eigenvalue weighted by Gasteiger charge is -2.19. The molecule has 16 heavy (non-hydrogen) atoms. The number of likely N-dealkylation sites (N-methyl/N-ethyl adjacent to an activating group) is 2. The van der Waals surface area contributed by atoms with E-state index in [1.54, 1.807) is 0 Å². The molecule has 0 unspecified atom stereocenters. The number of hydrogen-bond donors (Lipinski definition) is 1. The molecule has 0 atom stereocenters. The Labute approximate surface area is 99.8 Å². The van der Waals surface area contributed by atoms with Crippen molar-refractivity contribution in [1.29, 1.82) is 0 Å². The molecular weight excluding hydrogens is 202 g/mol. The maximum absolute atomic E-state index is 11.7. The minimum atomic E-state index is 0.259. The van der Waals surface area contributed by atoms with E-state index in [4.69, 9.17) is 5.73 Å². The lowest BCUT2D eigenvalue weighted by atomic mass is 10.1. The summed E-state index contributed by atoms with van der Waals surface area (Å²) < 4.78 is 0. The topological polar surface area (TPSA) is 49.6 Å². The summed E-state index contributed by atoms with van der Waals surface area (Å²) >= 11 is 0. The molecule has 0 aliphatic rings. The van der Waals surface area contributed by atoms with Crippen LogP contribution in [0.3, 0.4) is 0 Å². The molecule has 4 nitrogen and oxygen atoms in total. The van der Waals surface area contributed by atoms with Gasteiger partial charge in [-0.1, -0.05) is 12.8 Å². The molecule has 0 heterocycles. The van der Waals surface area contributed by atoms with Crippen LogP contribution < -0.4 is 5.73 Å². The molecule has 0 spiro atoms. The third-order valence-corrected chi connectivity index (χ3v) is 2.65. The Morgan fingerprint density at radius 2 is 1.62 bits per heavy atom. The first-order valence-electron chi connectivity index (χ1n) is 6.16. The van der Waals surface area contributed by atoms with Crippen LogP contribution in [0, 0.1) is 0 Å². The molecule has 0 rings (SSSR count). The zero-order chi connectivity index (χ0) is 12.4. The number of carbonyl (C=O) groups is 1. The smallest absolute Gasteiger partial charge is 0.222 e. The Bertz CT molecular complexity index is 183. The lowest BCUT2D eigenvalue weighted by molar-refractivity contribution is -0.130. The molecule has 0 radical (unpaired) electrons. The van der Waals surface area contributed by atoms with Gasteiger partial charge in [-0.05, 0) is 33.5 Å². The number of rotatable bonds is 9. The molecule has 0 fully saturated rings. The Morgan fingerprint density at radius 3 is 2.19 bits per heavy atom. The van der Waals surface area contributed by atoms with E-state index in [-0.39, 0.29) is 5.91 Å². The standard InChI is InChI=1S/C12H27N3O/c1-14(2)10-11-15(3)12(16)8-6-4-5-7-9-13/h4-11,13H2,1-3H3. The van der Waals surface area contributed by atoms with Crippen LogP contribution in [-0.4, -0.2) is 56.5 Å². The van der Waals surface area contributed by atoms with Gasteiger partial charge >= 0.3 is 0 Å². The van der Waals surface area contributed by atoms with Crippen molar-refractivity contribution in [1.82, 2.24) is 9.80 Å². The monoisotopic (exact) mass is 229 g/mol. The highest BCUT2D eigenvalue weighted by Crippen LogP contribution is 2.04. The molecule has 0 saturated heterocycles. The van der Waals surface area contributed by atoms with Gasteiger partial charge in [0.25, 0.3) is 0 Å². The third kappa shape index (κ3) is 8.68. The minimum Gasteiger partial charge on any atom is -0.344 e. The fraction of sp³-hybridized carbons (Fsp3) is 0.917. The highest BCUT2D eigenvalue weighted by atomic mass is 16.2. The molecule has 4 heteroatoms. The zero-order valence-electron chi connectivity index (χ0n) is 11.0. The van der Waals surface area contributed by atoms with Crippen LogP contribution in [0.1, 0.15) is 32.1 Å². The summed E-state index contributed by atoms with van der Waals surface area (Å²) in [5.74, 6) is 0.259. The van der Waals surface area contributed by atoms with Crippen LogP contribution >= 0.6 is 0 Å². The quantitative estimate of drug-likeness (QED) is 0.598. The van der Waals surface area contributed by atoms with Crippen LogP contribution in [0.5, 0.6) is 0 Å². The molecule has 0 saturated carbocycles. The third-order valence-electron chi connectivity index (χ3n) is 2.65. The van der Waals surface area contributed by atoms with E-state index in [0.717, 1.165) is 45.3 Å². The maximum atomic E-state index is 11.7. The molecule has 0 aliphatic heterocycles. The zero-order valence-corrected chi connectivity index (χ0v) is 11.0. The van der Waals surface area contributed by atoms with E-state index in [0.29, 0.717) is 6.42 Å². The van der Waals surface area contributed by atoms with Crippen molar-refractivity contribution in [3.8, 4) is 0 Å². The molecule has 0 aliphatic carbocycles. The van der Waals surface area contributed by atoms with E-state index >= 15 is 0 Å². The van der Waals surface area contributed by atoms with E-state index in [1.165, 1.54) is 0 Å². The summed E-state index contributed by atoms with van der Waals surface area (Å²) in [6.07, 6.45) is 5.00. The summed E-state index contributed by atoms with van der Waals surface area (Å²) in [6.45, 7) is 2.50. The Hall–Kier alpha value is -0.610. The highest BCUT2D eigenvalue weighted by molar-refractivity contribution is 5.75. The lowest BCUT2D eigenvalue weighted by Crippen LogP contribution is -2.33. The second-order valence-electron chi connectivity index (χ2n) is 4.57. The summed E-state index contributed by atoms with van der Waals surface area (Å²) in [6, 6.07) is 0. The number of unbranched alkanes of at least 4 members (excludes halogenated alkanes) is 3. The molecular formula is C12H27N3O. The van der Waals surface area contributed by atoms with Crippen molar-refractivity contribution in [2.45, 2.75) is 32.1 Å². The summed E-state index contributed by atoms with van der Waals surface area (Å²) in [5, 5.41) is 0. The van der Waals surface area contributed by atoms with E-state index in [9.17, 15) is 4.79 Å². The van der Waals surface area contributed by atoms with Gasteiger partial charge < -0.3 is 15.5 Å². The van der Waals surface area contributed by atoms with Crippen molar-refractivity contribution in [2.75, 3.05) is 40.8 Å². The van der Waals surface area contributed by atoms with Crippen LogP contribution in [0.2, 0.25) is 0 Å². The van der Waals surface area contributed by atoms with E-state index in [1.807, 2.05) is 26.0 Å². The summed E-state index contributed by atoms with van der Waals surface area (Å²) in [5.41, 5.74) is 5.41. The van der Waals surface area contributed by atoms with Gasteiger partial charge in [0.05, 0.1) is 0 Å². The van der Waals surface area contributed by atoms with E-state index < -0.39 is 0 Å². The average Bonchev–Trinajstić information content (AvgIpc) is 2.25. The summed E-state index contributed by atoms with van der Waals surface area (Å²) in [4.78, 5) is 15.6. The number of nitrogens with two attached hydrogens (primary N) is 1.